The highest BCUT2D eigenvalue weighted by atomic mass is 32.2. The number of allylic oxidation sites excluding steroid dienone is 1. The van der Waals surface area contributed by atoms with E-state index < -0.39 is 17.9 Å². The van der Waals surface area contributed by atoms with Gasteiger partial charge in [-0.05, 0) is 37.1 Å². The summed E-state index contributed by atoms with van der Waals surface area (Å²) in [5, 5.41) is 0. The molecule has 0 amide bonds. The first-order valence-electron chi connectivity index (χ1n) is 7.97. The van der Waals surface area contributed by atoms with Gasteiger partial charge in [0.15, 0.2) is 0 Å². The van der Waals surface area contributed by atoms with Crippen LogP contribution < -0.4 is 0 Å². The van der Waals surface area contributed by atoms with Crippen molar-refractivity contribution < 1.29 is 8.42 Å². The van der Waals surface area contributed by atoms with E-state index >= 15 is 0 Å². The lowest BCUT2D eigenvalue weighted by atomic mass is 10.1. The fraction of sp³-hybridized carbons (Fsp3) is 0.250. The number of hydrogen-bond acceptors (Lipinski definition) is 2. The molecule has 0 bridgehead atoms. The standard InChI is InChI=1S/C20H24O2SSi/c1-16-11-13-19(14-12-16)23(21,22)20(24(3,4)5)15-17(2)18-9-7-6-8-10-18/h6-14H,1-5H3. The Morgan fingerprint density at radius 3 is 1.96 bits per heavy atom. The third kappa shape index (κ3) is 4.15. The summed E-state index contributed by atoms with van der Waals surface area (Å²) in [6.07, 6.45) is 0. The highest BCUT2D eigenvalue weighted by Gasteiger charge is 2.32. The maximum Gasteiger partial charge on any atom is 0.205 e. The van der Waals surface area contributed by atoms with Gasteiger partial charge >= 0.3 is 0 Å². The molecule has 0 saturated heterocycles. The van der Waals surface area contributed by atoms with E-state index in [1.54, 1.807) is 12.1 Å². The van der Waals surface area contributed by atoms with Crippen LogP contribution in [0.25, 0.3) is 5.57 Å². The predicted molar refractivity (Wildman–Crippen MR) is 104 cm³/mol. The van der Waals surface area contributed by atoms with Crippen molar-refractivity contribution in [1.29, 1.82) is 0 Å². The van der Waals surface area contributed by atoms with Gasteiger partial charge in [0, 0.05) is 0 Å². The molecule has 0 aliphatic rings. The monoisotopic (exact) mass is 356 g/mol. The number of rotatable bonds is 4. The molecule has 0 fully saturated rings. The highest BCUT2D eigenvalue weighted by Crippen LogP contribution is 2.28. The van der Waals surface area contributed by atoms with Crippen LogP contribution in [0, 0.1) is 6.92 Å². The van der Waals surface area contributed by atoms with Crippen molar-refractivity contribution >= 4 is 23.5 Å². The first kappa shape index (κ1) is 18.5. The van der Waals surface area contributed by atoms with Crippen molar-refractivity contribution in [3.63, 3.8) is 0 Å². The minimum absolute atomic E-state index is 0.346. The van der Waals surface area contributed by atoms with Gasteiger partial charge in [-0.25, -0.2) is 8.42 Å². The summed E-state index contributed by atoms with van der Waals surface area (Å²) in [4.78, 5) is 0.346. The van der Waals surface area contributed by atoms with Gasteiger partial charge in [0.25, 0.3) is 0 Å². The van der Waals surface area contributed by atoms with Crippen LogP contribution in [-0.4, -0.2) is 16.5 Å². The Kier molecular flexibility index (Phi) is 5.34. The zero-order valence-corrected chi connectivity index (χ0v) is 16.7. The Morgan fingerprint density at radius 1 is 0.917 bits per heavy atom. The maximum atomic E-state index is 13.2. The minimum atomic E-state index is -3.53. The van der Waals surface area contributed by atoms with E-state index in [2.05, 4.69) is 5.73 Å². The molecular weight excluding hydrogens is 332 g/mol. The average Bonchev–Trinajstić information content (AvgIpc) is 2.52. The van der Waals surface area contributed by atoms with Crippen LogP contribution in [0.3, 0.4) is 0 Å². The Labute approximate surface area is 146 Å². The third-order valence-corrected chi connectivity index (χ3v) is 9.45. The quantitative estimate of drug-likeness (QED) is 0.555. The lowest BCUT2D eigenvalue weighted by Gasteiger charge is -2.19. The second kappa shape index (κ2) is 6.94. The summed E-state index contributed by atoms with van der Waals surface area (Å²) in [5.74, 6) is 0. The first-order valence-corrected chi connectivity index (χ1v) is 13.0. The van der Waals surface area contributed by atoms with Gasteiger partial charge in [0.2, 0.25) is 9.84 Å². The van der Waals surface area contributed by atoms with Crippen molar-refractivity contribution in [1.82, 2.24) is 0 Å². The van der Waals surface area contributed by atoms with Crippen molar-refractivity contribution in [3.8, 4) is 0 Å². The number of sulfone groups is 1. The summed E-state index contributed by atoms with van der Waals surface area (Å²) in [5.41, 5.74) is 6.12. The summed E-state index contributed by atoms with van der Waals surface area (Å²) in [6, 6.07) is 16.8. The van der Waals surface area contributed by atoms with E-state index in [0.717, 1.165) is 16.7 Å². The molecule has 2 rings (SSSR count). The molecule has 0 saturated carbocycles. The predicted octanol–water partition coefficient (Wildman–Crippen LogP) is 5.23. The van der Waals surface area contributed by atoms with Gasteiger partial charge in [0.1, 0.15) is 8.07 Å². The molecule has 0 aromatic heterocycles. The largest absolute Gasteiger partial charge is 0.219 e. The molecule has 0 unspecified atom stereocenters. The van der Waals surface area contributed by atoms with E-state index in [1.165, 1.54) is 0 Å². The number of benzene rings is 2. The van der Waals surface area contributed by atoms with Crippen molar-refractivity contribution in [3.05, 3.63) is 76.0 Å². The molecule has 0 atom stereocenters. The van der Waals surface area contributed by atoms with E-state index in [-0.39, 0.29) is 0 Å². The van der Waals surface area contributed by atoms with E-state index in [9.17, 15) is 8.42 Å². The van der Waals surface area contributed by atoms with Gasteiger partial charge in [-0.2, -0.15) is 0 Å². The summed E-state index contributed by atoms with van der Waals surface area (Å²) in [6.45, 7) is 9.99. The first-order chi connectivity index (χ1) is 11.1. The van der Waals surface area contributed by atoms with Crippen molar-refractivity contribution in [2.75, 3.05) is 0 Å². The molecule has 0 radical (unpaired) electrons. The second-order valence-corrected chi connectivity index (χ2v) is 14.3. The van der Waals surface area contributed by atoms with Crippen LogP contribution in [0.4, 0.5) is 0 Å². The van der Waals surface area contributed by atoms with Crippen LogP contribution in [-0.2, 0) is 9.84 Å². The summed E-state index contributed by atoms with van der Waals surface area (Å²) in [7, 11) is -5.65. The van der Waals surface area contributed by atoms with E-state index in [4.69, 9.17) is 0 Å². The topological polar surface area (TPSA) is 34.1 Å². The van der Waals surface area contributed by atoms with Gasteiger partial charge < -0.3 is 0 Å². The Balaban J connectivity index is 2.71. The molecular formula is C20H24O2SSi. The second-order valence-electron chi connectivity index (χ2n) is 7.01. The Bertz CT molecular complexity index is 881. The maximum absolute atomic E-state index is 13.2. The van der Waals surface area contributed by atoms with Crippen molar-refractivity contribution in [2.45, 2.75) is 38.4 Å². The Hall–Kier alpha value is -1.87. The van der Waals surface area contributed by atoms with E-state index in [0.29, 0.717) is 9.42 Å². The Morgan fingerprint density at radius 2 is 1.46 bits per heavy atom. The van der Waals surface area contributed by atoms with E-state index in [1.807, 2.05) is 76.0 Å². The van der Waals surface area contributed by atoms with Crippen LogP contribution in [0.1, 0.15) is 18.1 Å². The molecule has 0 aliphatic carbocycles. The number of aryl methyl sites for hydroxylation is 1. The number of hydrogen-bond donors (Lipinski definition) is 0. The molecule has 126 valence electrons. The minimum Gasteiger partial charge on any atom is -0.219 e. The molecule has 0 spiro atoms. The lowest BCUT2D eigenvalue weighted by molar-refractivity contribution is 0.603. The fourth-order valence-corrected chi connectivity index (χ4v) is 7.58. The molecule has 24 heavy (non-hydrogen) atoms. The summed E-state index contributed by atoms with van der Waals surface area (Å²) < 4.78 is 26.8. The van der Waals surface area contributed by atoms with Crippen LogP contribution in [0.15, 0.2) is 69.8 Å². The van der Waals surface area contributed by atoms with Crippen LogP contribution in [0.5, 0.6) is 0 Å². The van der Waals surface area contributed by atoms with Crippen LogP contribution >= 0.6 is 0 Å². The molecule has 0 N–H and O–H groups in total. The smallest absolute Gasteiger partial charge is 0.205 e. The van der Waals surface area contributed by atoms with Gasteiger partial charge in [0.05, 0.1) is 9.42 Å². The molecule has 2 aromatic carbocycles. The van der Waals surface area contributed by atoms with Gasteiger partial charge in [-0.3, -0.25) is 0 Å². The zero-order chi connectivity index (χ0) is 18.0. The van der Waals surface area contributed by atoms with Gasteiger partial charge in [-0.1, -0.05) is 67.7 Å². The highest BCUT2D eigenvalue weighted by molar-refractivity contribution is 7.97. The lowest BCUT2D eigenvalue weighted by Crippen LogP contribution is -2.29. The molecule has 0 aliphatic heterocycles. The third-order valence-electron chi connectivity index (χ3n) is 3.79. The van der Waals surface area contributed by atoms with Crippen LogP contribution in [0.2, 0.25) is 19.6 Å². The SMILES string of the molecule is CC(=C=C([Si](C)(C)C)S(=O)(=O)c1ccc(C)cc1)c1ccccc1. The molecule has 2 aromatic rings. The fourth-order valence-electron chi connectivity index (χ4n) is 2.42. The molecule has 4 heteroatoms. The van der Waals surface area contributed by atoms with Gasteiger partial charge in [-0.15, -0.1) is 5.73 Å². The molecule has 0 heterocycles. The normalized spacial score (nSPS) is 11.7. The van der Waals surface area contributed by atoms with Crippen molar-refractivity contribution in [2.24, 2.45) is 0 Å². The average molecular weight is 357 g/mol. The zero-order valence-electron chi connectivity index (χ0n) is 14.9. The molecule has 2 nitrogen and oxygen atoms in total. The summed E-state index contributed by atoms with van der Waals surface area (Å²) >= 11 is 0.